The van der Waals surface area contributed by atoms with Crippen LogP contribution in [0, 0.1) is 17.2 Å². The number of hydrogen-bond acceptors (Lipinski definition) is 3. The highest BCUT2D eigenvalue weighted by Gasteiger charge is 2.48. The van der Waals surface area contributed by atoms with E-state index < -0.39 is 5.41 Å². The molecule has 2 saturated heterocycles. The highest BCUT2D eigenvalue weighted by atomic mass is 35.5. The third-order valence-corrected chi connectivity index (χ3v) is 8.72. The van der Waals surface area contributed by atoms with Crippen LogP contribution in [0.1, 0.15) is 63.9 Å². The number of carbonyl (C=O) groups is 2. The Kier molecular flexibility index (Phi) is 7.21. The number of halogens is 1. The number of amides is 2. The van der Waals surface area contributed by atoms with E-state index in [0.29, 0.717) is 42.7 Å². The van der Waals surface area contributed by atoms with Crippen molar-refractivity contribution in [1.29, 1.82) is 5.41 Å². The van der Waals surface area contributed by atoms with Crippen molar-refractivity contribution in [2.75, 3.05) is 19.6 Å². The second-order valence-corrected chi connectivity index (χ2v) is 11.6. The van der Waals surface area contributed by atoms with Crippen LogP contribution in [0.4, 0.5) is 0 Å². The lowest BCUT2D eigenvalue weighted by atomic mass is 9.80. The Hall–Kier alpha value is -2.66. The van der Waals surface area contributed by atoms with Gasteiger partial charge < -0.3 is 4.90 Å². The molecule has 1 N–H and O–H groups in total. The molecule has 1 saturated carbocycles. The first-order chi connectivity index (χ1) is 17.3. The number of rotatable bonds is 6. The highest BCUT2D eigenvalue weighted by molar-refractivity contribution is 6.30. The lowest BCUT2D eigenvalue weighted by molar-refractivity contribution is -0.131. The van der Waals surface area contributed by atoms with E-state index in [1.807, 2.05) is 54.3 Å². The third-order valence-electron chi connectivity index (χ3n) is 8.49. The molecule has 2 aromatic rings. The number of nitrogens with zero attached hydrogens (tertiary/aromatic N) is 2. The van der Waals surface area contributed by atoms with Crippen molar-refractivity contribution in [3.63, 3.8) is 0 Å². The van der Waals surface area contributed by atoms with Gasteiger partial charge >= 0.3 is 0 Å². The molecule has 1 unspecified atom stereocenters. The van der Waals surface area contributed by atoms with Crippen molar-refractivity contribution in [3.8, 4) is 11.1 Å². The van der Waals surface area contributed by atoms with E-state index in [1.165, 1.54) is 32.1 Å². The van der Waals surface area contributed by atoms with Crippen molar-refractivity contribution in [3.05, 3.63) is 59.1 Å². The number of carbonyl (C=O) groups excluding carboxylic acids is 2. The van der Waals surface area contributed by atoms with Crippen molar-refractivity contribution < 1.29 is 9.59 Å². The maximum atomic E-state index is 13.7. The summed E-state index contributed by atoms with van der Waals surface area (Å²) in [6.45, 7) is 3.94. The average Bonchev–Trinajstić information content (AvgIpc) is 3.44. The molecule has 2 aliphatic heterocycles. The van der Waals surface area contributed by atoms with Crippen molar-refractivity contribution >= 4 is 29.3 Å². The van der Waals surface area contributed by atoms with Gasteiger partial charge in [0.25, 0.3) is 0 Å². The summed E-state index contributed by atoms with van der Waals surface area (Å²) in [6, 6.07) is 15.8. The van der Waals surface area contributed by atoms with Crippen molar-refractivity contribution in [1.82, 2.24) is 9.80 Å². The van der Waals surface area contributed by atoms with Gasteiger partial charge in [0.2, 0.25) is 11.8 Å². The molecule has 5 nitrogen and oxygen atoms in total. The average molecular weight is 506 g/mol. The Bertz CT molecular complexity index is 1160. The fourth-order valence-electron chi connectivity index (χ4n) is 6.29. The van der Waals surface area contributed by atoms with Crippen LogP contribution in [-0.4, -0.2) is 47.1 Å². The minimum absolute atomic E-state index is 0.0114. The Morgan fingerprint density at radius 3 is 2.50 bits per heavy atom. The van der Waals surface area contributed by atoms with E-state index in [0.717, 1.165) is 29.7 Å². The summed E-state index contributed by atoms with van der Waals surface area (Å²) in [7, 11) is 0. The molecule has 190 valence electrons. The van der Waals surface area contributed by atoms with E-state index in [9.17, 15) is 9.59 Å². The summed E-state index contributed by atoms with van der Waals surface area (Å²) in [4.78, 5) is 30.2. The monoisotopic (exact) mass is 505 g/mol. The van der Waals surface area contributed by atoms with E-state index in [1.54, 1.807) is 4.90 Å². The lowest BCUT2D eigenvalue weighted by Crippen LogP contribution is -2.40. The zero-order chi connectivity index (χ0) is 25.3. The molecule has 3 aliphatic rings. The molecule has 1 aliphatic carbocycles. The molecular weight excluding hydrogens is 470 g/mol. The Labute approximate surface area is 219 Å². The summed E-state index contributed by atoms with van der Waals surface area (Å²) in [5.41, 5.74) is 2.18. The third kappa shape index (κ3) is 5.08. The van der Waals surface area contributed by atoms with Gasteiger partial charge in [-0.2, -0.15) is 0 Å². The topological polar surface area (TPSA) is 64.5 Å². The molecular formula is C30H36ClN3O2. The zero-order valence-electron chi connectivity index (χ0n) is 21.1. The molecule has 6 heteroatoms. The van der Waals surface area contributed by atoms with Gasteiger partial charge in [0.1, 0.15) is 5.84 Å². The van der Waals surface area contributed by atoms with E-state index in [4.69, 9.17) is 17.0 Å². The molecule has 0 spiro atoms. The van der Waals surface area contributed by atoms with Gasteiger partial charge in [-0.3, -0.25) is 19.9 Å². The van der Waals surface area contributed by atoms with Gasteiger partial charge in [-0.25, -0.2) is 0 Å². The number of hydrogen-bond donors (Lipinski definition) is 1. The van der Waals surface area contributed by atoms with Crippen LogP contribution in [0.3, 0.4) is 0 Å². The summed E-state index contributed by atoms with van der Waals surface area (Å²) in [6.07, 6.45) is 8.12. The van der Waals surface area contributed by atoms with E-state index in [-0.39, 0.29) is 17.7 Å². The quantitative estimate of drug-likeness (QED) is 0.501. The molecule has 2 amide bonds. The molecule has 2 aromatic carbocycles. The standard InChI is InChI=1S/C30H36ClN3O2/c1-30(25-11-5-9-23(16-25)24-10-6-12-26(31)17-24)18-27(32)34(29(30)36)20-22-13-14-33(19-22)28(35)15-21-7-3-2-4-8-21/h5-6,9-12,16-17,21-22,32H,2-4,7-8,13-15,18-20H2,1H3/t22-,30?/m1/s1. The fraction of sp³-hybridized carbons (Fsp3) is 0.500. The van der Waals surface area contributed by atoms with Gasteiger partial charge in [0, 0.05) is 37.5 Å². The second kappa shape index (κ2) is 10.4. The maximum absolute atomic E-state index is 13.7. The molecule has 5 rings (SSSR count). The van der Waals surface area contributed by atoms with E-state index in [2.05, 4.69) is 6.07 Å². The van der Waals surface area contributed by atoms with Gasteiger partial charge in [0.15, 0.2) is 0 Å². The van der Waals surface area contributed by atoms with Gasteiger partial charge in [-0.15, -0.1) is 0 Å². The number of likely N-dealkylation sites (tertiary alicyclic amines) is 2. The van der Waals surface area contributed by atoms with Crippen molar-refractivity contribution in [2.45, 2.75) is 63.7 Å². The Morgan fingerprint density at radius 1 is 1.03 bits per heavy atom. The minimum Gasteiger partial charge on any atom is -0.342 e. The number of benzene rings is 2. The minimum atomic E-state index is -0.763. The normalized spacial score (nSPS) is 25.1. The van der Waals surface area contributed by atoms with Crippen LogP contribution < -0.4 is 0 Å². The van der Waals surface area contributed by atoms with E-state index >= 15 is 0 Å². The summed E-state index contributed by atoms with van der Waals surface area (Å²) in [5, 5.41) is 9.34. The number of nitrogens with one attached hydrogen (secondary N) is 1. The highest BCUT2D eigenvalue weighted by Crippen LogP contribution is 2.39. The van der Waals surface area contributed by atoms with Crippen molar-refractivity contribution in [2.24, 2.45) is 11.8 Å². The molecule has 2 heterocycles. The molecule has 36 heavy (non-hydrogen) atoms. The first-order valence-corrected chi connectivity index (χ1v) is 13.7. The van der Waals surface area contributed by atoms with Gasteiger partial charge in [-0.1, -0.05) is 67.3 Å². The summed E-state index contributed by atoms with van der Waals surface area (Å²) >= 11 is 6.20. The van der Waals surface area contributed by atoms with Crippen LogP contribution >= 0.6 is 11.6 Å². The summed E-state index contributed by atoms with van der Waals surface area (Å²) in [5.74, 6) is 1.41. The first kappa shape index (κ1) is 25.0. The molecule has 3 fully saturated rings. The first-order valence-electron chi connectivity index (χ1n) is 13.4. The Balaban J connectivity index is 1.24. The SMILES string of the molecule is CC1(c2cccc(-c3cccc(Cl)c3)c2)CC(=N)N(C[C@@H]2CCN(C(=O)CC3CCCCC3)C2)C1=O. The van der Waals surface area contributed by atoms with Crippen LogP contribution in [-0.2, 0) is 15.0 Å². The predicted octanol–water partition coefficient (Wildman–Crippen LogP) is 6.29. The lowest BCUT2D eigenvalue weighted by Gasteiger charge is -2.26. The molecule has 0 bridgehead atoms. The Morgan fingerprint density at radius 2 is 1.75 bits per heavy atom. The smallest absolute Gasteiger partial charge is 0.238 e. The largest absolute Gasteiger partial charge is 0.342 e. The van der Waals surface area contributed by atoms with Crippen LogP contribution in [0.2, 0.25) is 5.02 Å². The fourth-order valence-corrected chi connectivity index (χ4v) is 6.48. The predicted molar refractivity (Wildman–Crippen MR) is 144 cm³/mol. The van der Waals surface area contributed by atoms with Gasteiger partial charge in [0.05, 0.1) is 5.41 Å². The summed E-state index contributed by atoms with van der Waals surface area (Å²) < 4.78 is 0. The molecule has 2 atom stereocenters. The van der Waals surface area contributed by atoms with Gasteiger partial charge in [-0.05, 0) is 66.8 Å². The van der Waals surface area contributed by atoms with Crippen LogP contribution in [0.25, 0.3) is 11.1 Å². The number of amidine groups is 1. The second-order valence-electron chi connectivity index (χ2n) is 11.2. The molecule has 0 aromatic heterocycles. The molecule has 0 radical (unpaired) electrons. The maximum Gasteiger partial charge on any atom is 0.238 e. The van der Waals surface area contributed by atoms with Crippen LogP contribution in [0.15, 0.2) is 48.5 Å². The van der Waals surface area contributed by atoms with Crippen LogP contribution in [0.5, 0.6) is 0 Å². The zero-order valence-corrected chi connectivity index (χ0v) is 21.9.